The molecule has 3 rings (SSSR count). The molecule has 0 atom stereocenters. The molecule has 4 N–H and O–H groups in total. The molecule has 2 aromatic carbocycles. The van der Waals surface area contributed by atoms with Gasteiger partial charge in [-0.2, -0.15) is 18.2 Å². The van der Waals surface area contributed by atoms with Crippen molar-refractivity contribution in [1.82, 2.24) is 10.3 Å². The summed E-state index contributed by atoms with van der Waals surface area (Å²) in [5.74, 6) is -1.13. The summed E-state index contributed by atoms with van der Waals surface area (Å²) in [6.07, 6.45) is -4.73. The lowest BCUT2D eigenvalue weighted by molar-refractivity contribution is -0.384. The van der Waals surface area contributed by atoms with E-state index in [0.29, 0.717) is 0 Å². The van der Waals surface area contributed by atoms with Crippen molar-refractivity contribution in [2.75, 3.05) is 7.05 Å². The summed E-state index contributed by atoms with van der Waals surface area (Å²) in [5.41, 5.74) is 3.98. The number of nitrogens with zero attached hydrogens (tertiary/aromatic N) is 2. The smallest absolute Gasteiger partial charge is 0.417 e. The maximum atomic E-state index is 13.6. The maximum Gasteiger partial charge on any atom is 0.417 e. The van der Waals surface area contributed by atoms with Crippen LogP contribution < -0.4 is 15.8 Å². The first-order chi connectivity index (χ1) is 14.1. The van der Waals surface area contributed by atoms with Crippen LogP contribution in [0.1, 0.15) is 16.1 Å². The van der Waals surface area contributed by atoms with Gasteiger partial charge >= 0.3 is 6.18 Å². The molecule has 0 fully saturated rings. The van der Waals surface area contributed by atoms with E-state index in [2.05, 4.69) is 15.3 Å². The number of benzene rings is 2. The Bertz CT molecular complexity index is 1150. The normalized spacial score (nSPS) is 12.1. The van der Waals surface area contributed by atoms with Gasteiger partial charge in [0.25, 0.3) is 11.6 Å². The third-order valence-corrected chi connectivity index (χ3v) is 4.01. The van der Waals surface area contributed by atoms with Gasteiger partial charge in [0.1, 0.15) is 17.2 Å². The van der Waals surface area contributed by atoms with E-state index in [0.717, 1.165) is 24.3 Å². The van der Waals surface area contributed by atoms with Gasteiger partial charge in [-0.05, 0) is 24.3 Å². The number of aromatic amines is 1. The van der Waals surface area contributed by atoms with Crippen LogP contribution in [-0.4, -0.2) is 28.8 Å². The molecule has 0 saturated heterocycles. The predicted octanol–water partition coefficient (Wildman–Crippen LogP) is 3.56. The number of nitrogens with one attached hydrogen (secondary N) is 2. The predicted molar refractivity (Wildman–Crippen MR) is 101 cm³/mol. The van der Waals surface area contributed by atoms with Crippen LogP contribution in [0.25, 0.3) is 10.9 Å². The Hall–Kier alpha value is -4.09. The second-order valence-electron chi connectivity index (χ2n) is 6.02. The van der Waals surface area contributed by atoms with Crippen molar-refractivity contribution >= 4 is 28.5 Å². The number of rotatable bonds is 4. The van der Waals surface area contributed by atoms with Gasteiger partial charge in [-0.15, -0.1) is 0 Å². The van der Waals surface area contributed by atoms with Crippen molar-refractivity contribution in [2.24, 2.45) is 10.7 Å². The number of hydrogen-bond acceptors (Lipinski definition) is 4. The standard InChI is InChI=1S/C18H14F3N5O4/c1-23-17(22)25-16(27)15-8-12-13(18(19,20)21)6-11(7-14(12)24-15)30-10-4-2-9(3-5-10)26(28)29/h2-8,24H,1H3,(H3,22,23,25,27). The Labute approximate surface area is 166 Å². The number of nitrogens with two attached hydrogens (primary N) is 1. The van der Waals surface area contributed by atoms with Gasteiger partial charge in [-0.1, -0.05) is 0 Å². The van der Waals surface area contributed by atoms with Gasteiger partial charge in [-0.3, -0.25) is 14.9 Å². The second-order valence-corrected chi connectivity index (χ2v) is 6.02. The van der Waals surface area contributed by atoms with E-state index in [1.54, 1.807) is 0 Å². The van der Waals surface area contributed by atoms with Crippen LogP contribution in [0, 0.1) is 10.1 Å². The monoisotopic (exact) mass is 421 g/mol. The molecule has 3 aromatic rings. The van der Waals surface area contributed by atoms with Gasteiger partial charge in [0.05, 0.1) is 16.0 Å². The van der Waals surface area contributed by atoms with Crippen molar-refractivity contribution < 1.29 is 27.6 Å². The SMILES string of the molecule is CNC(N)=NC(=O)c1cc2c(C(F)(F)F)cc(Oc3ccc([N+](=O)[O-])cc3)cc2[nH]1. The molecule has 1 aromatic heterocycles. The molecule has 0 unspecified atom stereocenters. The lowest BCUT2D eigenvalue weighted by Crippen LogP contribution is -2.28. The van der Waals surface area contributed by atoms with Crippen LogP contribution in [0.15, 0.2) is 47.5 Å². The number of nitro benzene ring substituents is 1. The number of carbonyl (C=O) groups is 1. The molecule has 156 valence electrons. The highest BCUT2D eigenvalue weighted by molar-refractivity contribution is 6.04. The Balaban J connectivity index is 2.04. The van der Waals surface area contributed by atoms with Crippen LogP contribution in [0.5, 0.6) is 11.5 Å². The maximum absolute atomic E-state index is 13.6. The molecule has 0 saturated carbocycles. The number of non-ortho nitro benzene ring substituents is 1. The molecule has 0 spiro atoms. The number of alkyl halides is 3. The molecular weight excluding hydrogens is 407 g/mol. The number of H-pyrrole nitrogens is 1. The molecule has 30 heavy (non-hydrogen) atoms. The average Bonchev–Trinajstić information content (AvgIpc) is 3.11. The van der Waals surface area contributed by atoms with E-state index >= 15 is 0 Å². The number of amides is 1. The molecule has 0 aliphatic carbocycles. The Morgan fingerprint density at radius 3 is 2.43 bits per heavy atom. The topological polar surface area (TPSA) is 136 Å². The van der Waals surface area contributed by atoms with Crippen LogP contribution in [0.2, 0.25) is 0 Å². The number of fused-ring (bicyclic) bond motifs is 1. The lowest BCUT2D eigenvalue weighted by atomic mass is 10.1. The second kappa shape index (κ2) is 7.73. The molecule has 12 heteroatoms. The van der Waals surface area contributed by atoms with Gasteiger partial charge in [0.15, 0.2) is 5.96 Å². The Morgan fingerprint density at radius 1 is 1.20 bits per heavy atom. The molecule has 0 aliphatic rings. The Kier molecular flexibility index (Phi) is 5.32. The van der Waals surface area contributed by atoms with Crippen LogP contribution in [-0.2, 0) is 6.18 Å². The zero-order valence-corrected chi connectivity index (χ0v) is 15.3. The zero-order chi connectivity index (χ0) is 22.1. The molecule has 1 heterocycles. The fourth-order valence-electron chi connectivity index (χ4n) is 2.62. The van der Waals surface area contributed by atoms with Crippen molar-refractivity contribution in [3.63, 3.8) is 0 Å². The third-order valence-electron chi connectivity index (χ3n) is 4.01. The van der Waals surface area contributed by atoms with Gasteiger partial charge < -0.3 is 20.8 Å². The lowest BCUT2D eigenvalue weighted by Gasteiger charge is -2.11. The third kappa shape index (κ3) is 4.32. The number of halogens is 3. The number of hydrogen-bond donors (Lipinski definition) is 3. The highest BCUT2D eigenvalue weighted by Gasteiger charge is 2.34. The summed E-state index contributed by atoms with van der Waals surface area (Å²) >= 11 is 0. The minimum atomic E-state index is -4.73. The van der Waals surface area contributed by atoms with Crippen LogP contribution >= 0.6 is 0 Å². The van der Waals surface area contributed by atoms with E-state index in [-0.39, 0.29) is 39.7 Å². The highest BCUT2D eigenvalue weighted by atomic mass is 19.4. The zero-order valence-electron chi connectivity index (χ0n) is 15.3. The number of carbonyl (C=O) groups excluding carboxylic acids is 1. The number of aromatic nitrogens is 1. The van der Waals surface area contributed by atoms with E-state index in [1.807, 2.05) is 0 Å². The quantitative estimate of drug-likeness (QED) is 0.255. The summed E-state index contributed by atoms with van der Waals surface area (Å²) in [5, 5.41) is 12.9. The summed E-state index contributed by atoms with van der Waals surface area (Å²) < 4.78 is 46.1. The van der Waals surface area contributed by atoms with Gasteiger partial charge in [-0.25, -0.2) is 0 Å². The fourth-order valence-corrected chi connectivity index (χ4v) is 2.62. The minimum absolute atomic E-state index is 0.0108. The molecule has 9 nitrogen and oxygen atoms in total. The molecule has 1 amide bonds. The average molecular weight is 421 g/mol. The van der Waals surface area contributed by atoms with Crippen LogP contribution in [0.4, 0.5) is 18.9 Å². The number of nitro groups is 1. The molecular formula is C18H14F3N5O4. The largest absolute Gasteiger partial charge is 0.457 e. The molecule has 0 bridgehead atoms. The summed E-state index contributed by atoms with van der Waals surface area (Å²) in [6.45, 7) is 0. The van der Waals surface area contributed by atoms with Gasteiger partial charge in [0, 0.05) is 30.6 Å². The summed E-state index contributed by atoms with van der Waals surface area (Å²) in [4.78, 5) is 28.3. The first-order valence-electron chi connectivity index (χ1n) is 8.31. The van der Waals surface area contributed by atoms with Crippen LogP contribution in [0.3, 0.4) is 0 Å². The van der Waals surface area contributed by atoms with Crippen molar-refractivity contribution in [1.29, 1.82) is 0 Å². The van der Waals surface area contributed by atoms with Crippen molar-refractivity contribution in [2.45, 2.75) is 6.18 Å². The molecule has 0 radical (unpaired) electrons. The minimum Gasteiger partial charge on any atom is -0.457 e. The first kappa shape index (κ1) is 20.6. The fraction of sp³-hybridized carbons (Fsp3) is 0.111. The summed E-state index contributed by atoms with van der Waals surface area (Å²) in [7, 11) is 1.43. The summed E-state index contributed by atoms with van der Waals surface area (Å²) in [6, 6.07) is 7.92. The van der Waals surface area contributed by atoms with E-state index in [4.69, 9.17) is 10.5 Å². The number of ether oxygens (including phenoxy) is 1. The first-order valence-corrected chi connectivity index (χ1v) is 8.31. The van der Waals surface area contributed by atoms with Gasteiger partial charge in [0.2, 0.25) is 0 Å². The highest BCUT2D eigenvalue weighted by Crippen LogP contribution is 2.39. The van der Waals surface area contributed by atoms with Crippen molar-refractivity contribution in [3.8, 4) is 11.5 Å². The van der Waals surface area contributed by atoms with E-state index in [9.17, 15) is 28.1 Å². The number of aliphatic imine (C=N–C) groups is 1. The van der Waals surface area contributed by atoms with Crippen molar-refractivity contribution in [3.05, 3.63) is 63.8 Å². The van der Waals surface area contributed by atoms with E-state index in [1.165, 1.54) is 25.2 Å². The molecule has 0 aliphatic heterocycles. The van der Waals surface area contributed by atoms with E-state index < -0.39 is 22.6 Å². The number of guanidine groups is 1. The Morgan fingerprint density at radius 2 is 1.87 bits per heavy atom.